The number of aliphatic hydroxyl groups is 1. The lowest BCUT2D eigenvalue weighted by atomic mass is 9.96. The number of para-hydroxylation sites is 1. The number of imidazole rings is 1. The Bertz CT molecular complexity index is 1190. The van der Waals surface area contributed by atoms with E-state index in [1.165, 1.54) is 0 Å². The van der Waals surface area contributed by atoms with E-state index >= 15 is 0 Å². The third kappa shape index (κ3) is 4.27. The van der Waals surface area contributed by atoms with Gasteiger partial charge in [-0.05, 0) is 43.0 Å². The molecule has 0 aliphatic heterocycles. The van der Waals surface area contributed by atoms with Crippen molar-refractivity contribution in [1.29, 1.82) is 0 Å². The molecule has 158 valence electrons. The number of amides is 1. The van der Waals surface area contributed by atoms with Gasteiger partial charge in [0.2, 0.25) is 5.91 Å². The fourth-order valence-electron chi connectivity index (χ4n) is 3.73. The maximum absolute atomic E-state index is 12.4. The normalized spacial score (nSPS) is 11.0. The van der Waals surface area contributed by atoms with E-state index in [9.17, 15) is 4.79 Å². The Morgan fingerprint density at radius 1 is 1.06 bits per heavy atom. The molecule has 0 saturated carbocycles. The Hall–Kier alpha value is -3.71. The Balaban J connectivity index is 1.95. The Morgan fingerprint density at radius 2 is 1.87 bits per heavy atom. The summed E-state index contributed by atoms with van der Waals surface area (Å²) in [4.78, 5) is 17.3. The molecule has 4 aromatic rings. The van der Waals surface area contributed by atoms with Crippen LogP contribution in [-0.4, -0.2) is 37.0 Å². The highest BCUT2D eigenvalue weighted by molar-refractivity contribution is 6.03. The first-order chi connectivity index (χ1) is 15.1. The quantitative estimate of drug-likeness (QED) is 0.431. The first-order valence-corrected chi connectivity index (χ1v) is 10.2. The minimum atomic E-state index is -0.509. The van der Waals surface area contributed by atoms with Crippen LogP contribution < -0.4 is 5.73 Å². The van der Waals surface area contributed by atoms with E-state index in [0.29, 0.717) is 23.4 Å². The van der Waals surface area contributed by atoms with Gasteiger partial charge in [0.15, 0.2) is 0 Å². The van der Waals surface area contributed by atoms with Crippen molar-refractivity contribution < 1.29 is 9.90 Å². The van der Waals surface area contributed by atoms with Gasteiger partial charge in [-0.1, -0.05) is 30.3 Å². The summed E-state index contributed by atoms with van der Waals surface area (Å²) in [6.07, 6.45) is 7.94. The number of hydrogen-bond acceptors (Lipinski definition) is 4. The van der Waals surface area contributed by atoms with E-state index in [2.05, 4.69) is 5.10 Å². The number of aliphatic hydroxyl groups excluding tert-OH is 1. The fourth-order valence-corrected chi connectivity index (χ4v) is 3.73. The number of hydrogen-bond donors (Lipinski definition) is 2. The Labute approximate surface area is 180 Å². The molecule has 0 atom stereocenters. The highest BCUT2D eigenvalue weighted by Gasteiger charge is 2.22. The van der Waals surface area contributed by atoms with Crippen molar-refractivity contribution in [2.45, 2.75) is 19.3 Å². The molecular formula is C24H25N5O2. The zero-order valence-corrected chi connectivity index (χ0v) is 17.4. The van der Waals surface area contributed by atoms with Gasteiger partial charge in [0.05, 0.1) is 17.5 Å². The van der Waals surface area contributed by atoms with Crippen LogP contribution >= 0.6 is 0 Å². The van der Waals surface area contributed by atoms with Crippen LogP contribution in [0.4, 0.5) is 0 Å². The number of primary amides is 1. The average Bonchev–Trinajstić information content (AvgIpc) is 3.40. The number of carbonyl (C=O) groups excluding carboxylic acids is 1. The molecule has 0 aliphatic carbocycles. The molecule has 2 aromatic carbocycles. The van der Waals surface area contributed by atoms with Gasteiger partial charge in [0, 0.05) is 42.9 Å². The molecule has 0 unspecified atom stereocenters. The maximum atomic E-state index is 12.4. The highest BCUT2D eigenvalue weighted by Crippen LogP contribution is 2.35. The largest absolute Gasteiger partial charge is 0.396 e. The second kappa shape index (κ2) is 8.97. The minimum Gasteiger partial charge on any atom is -0.396 e. The van der Waals surface area contributed by atoms with Crippen LogP contribution in [0.5, 0.6) is 0 Å². The van der Waals surface area contributed by atoms with E-state index < -0.39 is 5.91 Å². The number of nitrogens with zero attached hydrogens (tertiary/aromatic N) is 4. The van der Waals surface area contributed by atoms with Crippen LogP contribution in [0.3, 0.4) is 0 Å². The first kappa shape index (κ1) is 20.6. The lowest BCUT2D eigenvalue weighted by Crippen LogP contribution is -2.14. The second-order valence-corrected chi connectivity index (χ2v) is 7.44. The number of unbranched alkanes of at least 4 members (excludes halogenated alkanes) is 1. The van der Waals surface area contributed by atoms with Crippen LogP contribution in [0.1, 0.15) is 28.9 Å². The van der Waals surface area contributed by atoms with E-state index in [0.717, 1.165) is 35.3 Å². The summed E-state index contributed by atoms with van der Waals surface area (Å²) in [6.45, 7) is 0.155. The summed E-state index contributed by atoms with van der Waals surface area (Å²) in [5.41, 5.74) is 10.4. The average molecular weight is 415 g/mol. The maximum Gasteiger partial charge on any atom is 0.249 e. The molecule has 0 saturated heterocycles. The molecule has 0 spiro atoms. The van der Waals surface area contributed by atoms with E-state index in [1.807, 2.05) is 66.5 Å². The molecule has 3 N–H and O–H groups in total. The van der Waals surface area contributed by atoms with Crippen molar-refractivity contribution in [1.82, 2.24) is 19.3 Å². The number of aryl methyl sites for hydroxylation is 2. The van der Waals surface area contributed by atoms with E-state index in [4.69, 9.17) is 15.8 Å². The standard InChI is InChI=1S/C24H25N5O2/c1-28-15-17(14-26-28)20-11-7-12-21(23(25)31)22(20)24-27-18(8-5-6-13-30)16-29(24)19-9-3-2-4-10-19/h2-4,7,9-12,14-16,30H,5-6,8,13H2,1H3,(H2,25,31). The SMILES string of the molecule is Cn1cc(-c2cccc(C(N)=O)c2-c2nc(CCCCO)cn2-c2ccccc2)cn1. The predicted molar refractivity (Wildman–Crippen MR) is 120 cm³/mol. The summed E-state index contributed by atoms with van der Waals surface area (Å²) in [5.74, 6) is 0.142. The fraction of sp³-hybridized carbons (Fsp3) is 0.208. The molecule has 0 bridgehead atoms. The third-order valence-electron chi connectivity index (χ3n) is 5.20. The van der Waals surface area contributed by atoms with Crippen molar-refractivity contribution in [2.24, 2.45) is 12.8 Å². The van der Waals surface area contributed by atoms with Gasteiger partial charge in [0.25, 0.3) is 0 Å². The summed E-state index contributed by atoms with van der Waals surface area (Å²) in [6, 6.07) is 15.4. The molecule has 1 amide bonds. The summed E-state index contributed by atoms with van der Waals surface area (Å²) in [5, 5.41) is 13.4. The second-order valence-electron chi connectivity index (χ2n) is 7.44. The van der Waals surface area contributed by atoms with Gasteiger partial charge in [-0.25, -0.2) is 4.98 Å². The van der Waals surface area contributed by atoms with Gasteiger partial charge in [0.1, 0.15) is 5.82 Å². The van der Waals surface area contributed by atoms with E-state index in [-0.39, 0.29) is 6.61 Å². The number of benzene rings is 2. The summed E-state index contributed by atoms with van der Waals surface area (Å²) >= 11 is 0. The molecule has 2 aromatic heterocycles. The van der Waals surface area contributed by atoms with Crippen molar-refractivity contribution >= 4 is 5.91 Å². The molecule has 0 aliphatic rings. The van der Waals surface area contributed by atoms with Gasteiger partial charge in [-0.2, -0.15) is 5.10 Å². The molecule has 2 heterocycles. The molecule has 4 rings (SSSR count). The molecule has 7 nitrogen and oxygen atoms in total. The topological polar surface area (TPSA) is 99.0 Å². The number of nitrogens with two attached hydrogens (primary N) is 1. The molecule has 0 fully saturated rings. The van der Waals surface area contributed by atoms with Crippen molar-refractivity contribution in [2.75, 3.05) is 6.61 Å². The first-order valence-electron chi connectivity index (χ1n) is 10.2. The van der Waals surface area contributed by atoms with Gasteiger partial charge in [-0.3, -0.25) is 14.0 Å². The van der Waals surface area contributed by atoms with Crippen LogP contribution in [0.25, 0.3) is 28.2 Å². The summed E-state index contributed by atoms with van der Waals surface area (Å²) < 4.78 is 3.72. The number of aromatic nitrogens is 4. The van der Waals surface area contributed by atoms with Gasteiger partial charge < -0.3 is 10.8 Å². The lowest BCUT2D eigenvalue weighted by molar-refractivity contribution is 0.100. The van der Waals surface area contributed by atoms with Gasteiger partial charge >= 0.3 is 0 Å². The minimum absolute atomic E-state index is 0.155. The zero-order chi connectivity index (χ0) is 21.8. The Morgan fingerprint density at radius 3 is 2.55 bits per heavy atom. The molecule has 0 radical (unpaired) electrons. The van der Waals surface area contributed by atoms with E-state index in [1.54, 1.807) is 16.9 Å². The Kier molecular flexibility index (Phi) is 5.95. The molecular weight excluding hydrogens is 390 g/mol. The number of rotatable bonds is 8. The molecule has 7 heteroatoms. The predicted octanol–water partition coefficient (Wildman–Crippen LogP) is 3.35. The lowest BCUT2D eigenvalue weighted by Gasteiger charge is -2.14. The molecule has 31 heavy (non-hydrogen) atoms. The van der Waals surface area contributed by atoms with Crippen LogP contribution in [-0.2, 0) is 13.5 Å². The monoisotopic (exact) mass is 415 g/mol. The van der Waals surface area contributed by atoms with Gasteiger partial charge in [-0.15, -0.1) is 0 Å². The smallest absolute Gasteiger partial charge is 0.249 e. The van der Waals surface area contributed by atoms with Crippen LogP contribution in [0.15, 0.2) is 67.1 Å². The third-order valence-corrected chi connectivity index (χ3v) is 5.20. The van der Waals surface area contributed by atoms with Crippen molar-refractivity contribution in [3.8, 4) is 28.2 Å². The van der Waals surface area contributed by atoms with Crippen molar-refractivity contribution in [3.63, 3.8) is 0 Å². The zero-order valence-electron chi connectivity index (χ0n) is 17.4. The highest BCUT2D eigenvalue weighted by atomic mass is 16.2. The summed E-state index contributed by atoms with van der Waals surface area (Å²) in [7, 11) is 1.85. The van der Waals surface area contributed by atoms with Crippen LogP contribution in [0.2, 0.25) is 0 Å². The van der Waals surface area contributed by atoms with Crippen molar-refractivity contribution in [3.05, 3.63) is 78.4 Å². The number of carbonyl (C=O) groups is 1. The van der Waals surface area contributed by atoms with Crippen LogP contribution in [0, 0.1) is 0 Å².